The maximum Gasteiger partial charge on any atom is 0.238 e. The monoisotopic (exact) mass is 382 g/mol. The Morgan fingerprint density at radius 1 is 1.07 bits per heavy atom. The van der Waals surface area contributed by atoms with Crippen LogP contribution >= 0.6 is 0 Å². The lowest BCUT2D eigenvalue weighted by molar-refractivity contribution is -0.115. The highest BCUT2D eigenvalue weighted by Gasteiger charge is 2.09. The number of rotatable bonds is 9. The lowest BCUT2D eigenvalue weighted by Crippen LogP contribution is -2.28. The second-order valence-corrected chi connectivity index (χ2v) is 7.16. The van der Waals surface area contributed by atoms with Crippen LogP contribution in [0.1, 0.15) is 29.2 Å². The molecule has 0 saturated heterocycles. The Kier molecular flexibility index (Phi) is 7.64. The average molecular weight is 383 g/mol. The van der Waals surface area contributed by atoms with Crippen LogP contribution in [0, 0.1) is 20.8 Å². The number of amides is 1. The van der Waals surface area contributed by atoms with Crippen LogP contribution in [-0.4, -0.2) is 26.2 Å². The average Bonchev–Trinajstić information content (AvgIpc) is 2.63. The van der Waals surface area contributed by atoms with Crippen molar-refractivity contribution in [1.82, 2.24) is 5.32 Å². The van der Waals surface area contributed by atoms with Crippen LogP contribution in [0.25, 0.3) is 0 Å². The van der Waals surface area contributed by atoms with Gasteiger partial charge in [-0.25, -0.2) is 0 Å². The molecule has 0 aliphatic rings. The molecule has 0 fully saturated rings. The van der Waals surface area contributed by atoms with Crippen molar-refractivity contribution < 1.29 is 14.3 Å². The molecule has 0 atom stereocenters. The molecule has 0 heterocycles. The molecule has 0 aliphatic carbocycles. The Bertz CT molecular complexity index is 836. The zero-order valence-corrected chi connectivity index (χ0v) is 17.4. The smallest absolute Gasteiger partial charge is 0.238 e. The first kappa shape index (κ1) is 21.5. The molecule has 0 spiro atoms. The number of hydrogen-bond acceptors (Lipinski definition) is 4. The van der Waals surface area contributed by atoms with Gasteiger partial charge in [0.05, 0.1) is 13.7 Å². The highest BCUT2D eigenvalue weighted by atomic mass is 16.5. The molecule has 0 aromatic heterocycles. The maximum atomic E-state index is 12.3. The fraction of sp³-hybridized carbons (Fsp3) is 0.348. The van der Waals surface area contributed by atoms with Crippen LogP contribution in [-0.2, 0) is 11.3 Å². The van der Waals surface area contributed by atoms with Gasteiger partial charge in [-0.05, 0) is 62.1 Å². The normalized spacial score (nSPS) is 10.5. The predicted octanol–water partition coefficient (Wildman–Crippen LogP) is 4.30. The lowest BCUT2D eigenvalue weighted by atomic mass is 10.1. The molecular formula is C23H30N2O3. The SMILES string of the molecule is C=C(C)COc1cc(CNCC(=O)Nc2c(C)cc(C)cc2C)ccc1OC. The third-order valence-corrected chi connectivity index (χ3v) is 4.26. The van der Waals surface area contributed by atoms with Gasteiger partial charge in [0.15, 0.2) is 11.5 Å². The van der Waals surface area contributed by atoms with Gasteiger partial charge in [0.25, 0.3) is 0 Å². The zero-order valence-electron chi connectivity index (χ0n) is 17.4. The quantitative estimate of drug-likeness (QED) is 0.635. The van der Waals surface area contributed by atoms with E-state index < -0.39 is 0 Å². The fourth-order valence-corrected chi connectivity index (χ4v) is 3.03. The summed E-state index contributed by atoms with van der Waals surface area (Å²) in [5.41, 5.74) is 6.16. The van der Waals surface area contributed by atoms with E-state index in [-0.39, 0.29) is 12.5 Å². The second kappa shape index (κ2) is 9.95. The van der Waals surface area contributed by atoms with Crippen LogP contribution in [0.2, 0.25) is 0 Å². The van der Waals surface area contributed by atoms with Crippen molar-refractivity contribution in [3.63, 3.8) is 0 Å². The van der Waals surface area contributed by atoms with Gasteiger partial charge in [-0.2, -0.15) is 0 Å². The van der Waals surface area contributed by atoms with Gasteiger partial charge in [0.1, 0.15) is 6.61 Å². The van der Waals surface area contributed by atoms with E-state index in [9.17, 15) is 4.79 Å². The summed E-state index contributed by atoms with van der Waals surface area (Å²) in [7, 11) is 1.61. The zero-order chi connectivity index (χ0) is 20.7. The van der Waals surface area contributed by atoms with Crippen molar-refractivity contribution in [1.29, 1.82) is 0 Å². The molecule has 0 saturated carbocycles. The van der Waals surface area contributed by atoms with Crippen molar-refractivity contribution in [2.75, 3.05) is 25.6 Å². The largest absolute Gasteiger partial charge is 0.493 e. The molecule has 28 heavy (non-hydrogen) atoms. The molecule has 2 aromatic rings. The van der Waals surface area contributed by atoms with E-state index in [2.05, 4.69) is 36.3 Å². The highest BCUT2D eigenvalue weighted by Crippen LogP contribution is 2.28. The molecule has 5 heteroatoms. The first-order valence-electron chi connectivity index (χ1n) is 9.32. The number of nitrogens with one attached hydrogen (secondary N) is 2. The number of carbonyl (C=O) groups is 1. The number of benzene rings is 2. The van der Waals surface area contributed by atoms with Gasteiger partial charge in [-0.15, -0.1) is 0 Å². The molecule has 2 rings (SSSR count). The number of methoxy groups -OCH3 is 1. The number of ether oxygens (including phenoxy) is 2. The van der Waals surface area contributed by atoms with Crippen LogP contribution in [0.3, 0.4) is 0 Å². The summed E-state index contributed by atoms with van der Waals surface area (Å²) < 4.78 is 11.1. The van der Waals surface area contributed by atoms with Crippen LogP contribution < -0.4 is 20.1 Å². The number of carbonyl (C=O) groups excluding carboxylic acids is 1. The van der Waals surface area contributed by atoms with Gasteiger partial charge in [-0.3, -0.25) is 4.79 Å². The van der Waals surface area contributed by atoms with Crippen molar-refractivity contribution in [2.24, 2.45) is 0 Å². The Morgan fingerprint density at radius 3 is 2.36 bits per heavy atom. The summed E-state index contributed by atoms with van der Waals surface area (Å²) in [6.45, 7) is 13.0. The van der Waals surface area contributed by atoms with E-state index >= 15 is 0 Å². The van der Waals surface area contributed by atoms with Crippen LogP contribution in [0.4, 0.5) is 5.69 Å². The fourth-order valence-electron chi connectivity index (χ4n) is 3.03. The molecule has 0 radical (unpaired) electrons. The summed E-state index contributed by atoms with van der Waals surface area (Å²) in [5, 5.41) is 6.17. The summed E-state index contributed by atoms with van der Waals surface area (Å²) in [6.07, 6.45) is 0. The first-order chi connectivity index (χ1) is 13.3. The van der Waals surface area contributed by atoms with E-state index in [1.54, 1.807) is 7.11 Å². The summed E-state index contributed by atoms with van der Waals surface area (Å²) in [5.74, 6) is 1.27. The second-order valence-electron chi connectivity index (χ2n) is 7.16. The maximum absolute atomic E-state index is 12.3. The minimum atomic E-state index is -0.0673. The van der Waals surface area contributed by atoms with Crippen molar-refractivity contribution in [2.45, 2.75) is 34.2 Å². The van der Waals surface area contributed by atoms with Gasteiger partial charge in [0.2, 0.25) is 5.91 Å². The Morgan fingerprint density at radius 2 is 1.75 bits per heavy atom. The van der Waals surface area contributed by atoms with E-state index in [0.717, 1.165) is 28.0 Å². The highest BCUT2D eigenvalue weighted by molar-refractivity contribution is 5.93. The number of anilines is 1. The third-order valence-electron chi connectivity index (χ3n) is 4.26. The molecule has 2 N–H and O–H groups in total. The Labute approximate surface area is 167 Å². The molecule has 0 unspecified atom stereocenters. The van der Waals surface area contributed by atoms with Crippen molar-refractivity contribution >= 4 is 11.6 Å². The topological polar surface area (TPSA) is 59.6 Å². The van der Waals surface area contributed by atoms with Gasteiger partial charge < -0.3 is 20.1 Å². The molecule has 5 nitrogen and oxygen atoms in total. The van der Waals surface area contributed by atoms with Crippen molar-refractivity contribution in [3.8, 4) is 11.5 Å². The first-order valence-corrected chi connectivity index (χ1v) is 9.32. The van der Waals surface area contributed by atoms with Gasteiger partial charge in [0, 0.05) is 12.2 Å². The third kappa shape index (κ3) is 6.13. The minimum absolute atomic E-state index is 0.0673. The predicted molar refractivity (Wildman–Crippen MR) is 114 cm³/mol. The standard InChI is InChI=1S/C23H30N2O3/c1-15(2)14-28-21-11-19(7-8-20(21)27-6)12-24-13-22(26)25-23-17(4)9-16(3)10-18(23)5/h7-11,24H,1,12-14H2,2-6H3,(H,25,26). The van der Waals surface area contributed by atoms with Crippen molar-refractivity contribution in [3.05, 3.63) is 64.7 Å². The summed E-state index contributed by atoms with van der Waals surface area (Å²) >= 11 is 0. The van der Waals surface area contributed by atoms with Gasteiger partial charge in [-0.1, -0.05) is 30.3 Å². The van der Waals surface area contributed by atoms with E-state index in [4.69, 9.17) is 9.47 Å². The molecule has 0 bridgehead atoms. The molecule has 2 aromatic carbocycles. The van der Waals surface area contributed by atoms with Gasteiger partial charge >= 0.3 is 0 Å². The summed E-state index contributed by atoms with van der Waals surface area (Å²) in [6, 6.07) is 9.87. The lowest BCUT2D eigenvalue weighted by Gasteiger charge is -2.14. The molecule has 0 aliphatic heterocycles. The molecule has 150 valence electrons. The molecular weight excluding hydrogens is 352 g/mol. The number of aryl methyl sites for hydroxylation is 3. The van der Waals surface area contributed by atoms with Crippen LogP contribution in [0.15, 0.2) is 42.5 Å². The Hall–Kier alpha value is -2.79. The van der Waals surface area contributed by atoms with E-state index in [1.165, 1.54) is 5.56 Å². The van der Waals surface area contributed by atoms with E-state index in [1.807, 2.05) is 39.0 Å². The number of hydrogen-bond donors (Lipinski definition) is 2. The minimum Gasteiger partial charge on any atom is -0.493 e. The Balaban J connectivity index is 1.93. The van der Waals surface area contributed by atoms with Crippen LogP contribution in [0.5, 0.6) is 11.5 Å². The molecule has 1 amide bonds. The summed E-state index contributed by atoms with van der Waals surface area (Å²) in [4.78, 5) is 12.3. The van der Waals surface area contributed by atoms with E-state index in [0.29, 0.717) is 24.7 Å².